The fraction of sp³-hybridized carbons (Fsp3) is 0.0714. The minimum atomic E-state index is -0.478. The third kappa shape index (κ3) is 3.17. The minimum Gasteiger partial charge on any atom is -0.497 e. The van der Waals surface area contributed by atoms with E-state index in [4.69, 9.17) is 26.8 Å². The normalized spacial score (nSPS) is 10.0. The lowest BCUT2D eigenvalue weighted by Gasteiger charge is -2.09. The number of halogens is 1. The van der Waals surface area contributed by atoms with Crippen molar-refractivity contribution < 1.29 is 14.3 Å². The van der Waals surface area contributed by atoms with Crippen molar-refractivity contribution in [2.75, 3.05) is 7.11 Å². The van der Waals surface area contributed by atoms with Crippen molar-refractivity contribution in [2.24, 2.45) is 5.73 Å². The van der Waals surface area contributed by atoms with Gasteiger partial charge < -0.3 is 15.2 Å². The zero-order chi connectivity index (χ0) is 13.8. The molecule has 19 heavy (non-hydrogen) atoms. The molecule has 0 saturated carbocycles. The maximum atomic E-state index is 10.9. The second-order valence-electron chi connectivity index (χ2n) is 3.79. The van der Waals surface area contributed by atoms with Gasteiger partial charge in [0, 0.05) is 11.6 Å². The predicted molar refractivity (Wildman–Crippen MR) is 73.0 cm³/mol. The number of carbonyl (C=O) groups is 1. The van der Waals surface area contributed by atoms with E-state index in [1.54, 1.807) is 49.6 Å². The molecule has 0 heterocycles. The van der Waals surface area contributed by atoms with E-state index in [-0.39, 0.29) is 0 Å². The Labute approximate surface area is 115 Å². The minimum absolute atomic E-state index is 0.424. The Morgan fingerprint density at radius 2 is 1.74 bits per heavy atom. The van der Waals surface area contributed by atoms with Crippen molar-refractivity contribution >= 4 is 17.5 Å². The highest BCUT2D eigenvalue weighted by molar-refractivity contribution is 6.32. The molecule has 1 amide bonds. The molecule has 0 saturated heterocycles. The average Bonchev–Trinajstić information content (AvgIpc) is 2.41. The Kier molecular flexibility index (Phi) is 3.92. The first-order valence-corrected chi connectivity index (χ1v) is 5.89. The number of hydrogen-bond acceptors (Lipinski definition) is 3. The molecule has 2 aromatic rings. The van der Waals surface area contributed by atoms with Gasteiger partial charge in [0.15, 0.2) is 0 Å². The molecule has 2 N–H and O–H groups in total. The average molecular weight is 278 g/mol. The van der Waals surface area contributed by atoms with Crippen molar-refractivity contribution in [2.45, 2.75) is 0 Å². The highest BCUT2D eigenvalue weighted by Gasteiger charge is 2.06. The van der Waals surface area contributed by atoms with Crippen LogP contribution in [0.3, 0.4) is 0 Å². The van der Waals surface area contributed by atoms with Gasteiger partial charge in [-0.15, -0.1) is 0 Å². The van der Waals surface area contributed by atoms with E-state index in [1.165, 1.54) is 0 Å². The Morgan fingerprint density at radius 3 is 2.26 bits per heavy atom. The molecular weight excluding hydrogens is 266 g/mol. The van der Waals surface area contributed by atoms with E-state index >= 15 is 0 Å². The van der Waals surface area contributed by atoms with E-state index in [0.717, 1.165) is 0 Å². The van der Waals surface area contributed by atoms with Crippen LogP contribution in [0, 0.1) is 0 Å². The molecule has 0 aromatic heterocycles. The number of amides is 1. The summed E-state index contributed by atoms with van der Waals surface area (Å²) in [7, 11) is 1.56. The Hall–Kier alpha value is -2.20. The van der Waals surface area contributed by atoms with Crippen LogP contribution in [0.2, 0.25) is 5.02 Å². The van der Waals surface area contributed by atoms with E-state index in [1.807, 2.05) is 0 Å². The molecule has 2 rings (SSSR count). The fourth-order valence-electron chi connectivity index (χ4n) is 1.51. The highest BCUT2D eigenvalue weighted by Crippen LogP contribution is 2.32. The summed E-state index contributed by atoms with van der Waals surface area (Å²) in [5, 5.41) is 0.443. The SMILES string of the molecule is COc1ccc(Oc2ccc(C(N)=O)cc2)c(Cl)c1. The van der Waals surface area contributed by atoms with Gasteiger partial charge in [-0.05, 0) is 36.4 Å². The predicted octanol–water partition coefficient (Wildman–Crippen LogP) is 3.24. The fourth-order valence-corrected chi connectivity index (χ4v) is 1.71. The number of ether oxygens (including phenoxy) is 2. The van der Waals surface area contributed by atoms with Crippen LogP contribution in [-0.2, 0) is 0 Å². The molecule has 2 aromatic carbocycles. The van der Waals surface area contributed by atoms with Gasteiger partial charge in [0.2, 0.25) is 5.91 Å². The van der Waals surface area contributed by atoms with Gasteiger partial charge in [0.1, 0.15) is 17.2 Å². The molecule has 0 aliphatic rings. The summed E-state index contributed by atoms with van der Waals surface area (Å²) < 4.78 is 10.7. The van der Waals surface area contributed by atoms with E-state index in [2.05, 4.69) is 0 Å². The molecule has 0 bridgehead atoms. The standard InChI is InChI=1S/C14H12ClNO3/c1-18-11-6-7-13(12(15)8-11)19-10-4-2-9(3-5-10)14(16)17/h2-8H,1H3,(H2,16,17). The number of hydrogen-bond donors (Lipinski definition) is 1. The molecule has 0 spiro atoms. The molecule has 0 fully saturated rings. The summed E-state index contributed by atoms with van der Waals surface area (Å²) in [6.45, 7) is 0. The number of benzene rings is 2. The van der Waals surface area contributed by atoms with Crippen LogP contribution in [0.25, 0.3) is 0 Å². The van der Waals surface area contributed by atoms with Crippen molar-refractivity contribution in [3.05, 3.63) is 53.1 Å². The molecular formula is C14H12ClNO3. The third-order valence-electron chi connectivity index (χ3n) is 2.51. The monoisotopic (exact) mass is 277 g/mol. The van der Waals surface area contributed by atoms with Crippen molar-refractivity contribution in [3.63, 3.8) is 0 Å². The van der Waals surface area contributed by atoms with Crippen LogP contribution in [0.4, 0.5) is 0 Å². The largest absolute Gasteiger partial charge is 0.497 e. The smallest absolute Gasteiger partial charge is 0.248 e. The number of primary amides is 1. The molecule has 98 valence electrons. The topological polar surface area (TPSA) is 61.6 Å². The van der Waals surface area contributed by atoms with Gasteiger partial charge in [0.25, 0.3) is 0 Å². The second kappa shape index (κ2) is 5.63. The lowest BCUT2D eigenvalue weighted by molar-refractivity contribution is 0.100. The highest BCUT2D eigenvalue weighted by atomic mass is 35.5. The van der Waals surface area contributed by atoms with Gasteiger partial charge in [0.05, 0.1) is 12.1 Å². The number of carbonyl (C=O) groups excluding carboxylic acids is 1. The zero-order valence-corrected chi connectivity index (χ0v) is 11.0. The Balaban J connectivity index is 2.19. The summed E-state index contributed by atoms with van der Waals surface area (Å²) in [5.41, 5.74) is 5.58. The Morgan fingerprint density at radius 1 is 1.11 bits per heavy atom. The molecule has 5 heteroatoms. The quantitative estimate of drug-likeness (QED) is 0.933. The van der Waals surface area contributed by atoms with E-state index in [0.29, 0.717) is 27.8 Å². The molecule has 4 nitrogen and oxygen atoms in total. The molecule has 0 atom stereocenters. The van der Waals surface area contributed by atoms with Crippen LogP contribution in [0.15, 0.2) is 42.5 Å². The van der Waals surface area contributed by atoms with Crippen LogP contribution in [0.5, 0.6) is 17.2 Å². The van der Waals surface area contributed by atoms with Gasteiger partial charge in [-0.25, -0.2) is 0 Å². The summed E-state index contributed by atoms with van der Waals surface area (Å²) in [5.74, 6) is 1.25. The van der Waals surface area contributed by atoms with Gasteiger partial charge in [-0.2, -0.15) is 0 Å². The molecule has 0 radical (unpaired) electrons. The van der Waals surface area contributed by atoms with Crippen LogP contribution >= 0.6 is 11.6 Å². The van der Waals surface area contributed by atoms with Crippen molar-refractivity contribution in [1.82, 2.24) is 0 Å². The summed E-state index contributed by atoms with van der Waals surface area (Å²) >= 11 is 6.06. The van der Waals surface area contributed by atoms with Crippen LogP contribution < -0.4 is 15.2 Å². The summed E-state index contributed by atoms with van der Waals surface area (Å²) in [4.78, 5) is 10.9. The van der Waals surface area contributed by atoms with Gasteiger partial charge in [-0.1, -0.05) is 11.6 Å². The van der Waals surface area contributed by atoms with Gasteiger partial charge in [-0.3, -0.25) is 4.79 Å². The number of methoxy groups -OCH3 is 1. The first kappa shape index (κ1) is 13.2. The maximum absolute atomic E-state index is 10.9. The molecule has 0 aliphatic heterocycles. The lowest BCUT2D eigenvalue weighted by atomic mass is 10.2. The first-order chi connectivity index (χ1) is 9.10. The van der Waals surface area contributed by atoms with Crippen LogP contribution in [-0.4, -0.2) is 13.0 Å². The second-order valence-corrected chi connectivity index (χ2v) is 4.19. The maximum Gasteiger partial charge on any atom is 0.248 e. The first-order valence-electron chi connectivity index (χ1n) is 5.51. The van der Waals surface area contributed by atoms with Crippen molar-refractivity contribution in [1.29, 1.82) is 0 Å². The Bertz CT molecular complexity index is 596. The number of rotatable bonds is 4. The summed E-state index contributed by atoms with van der Waals surface area (Å²) in [6, 6.07) is 11.6. The van der Waals surface area contributed by atoms with E-state index in [9.17, 15) is 4.79 Å². The van der Waals surface area contributed by atoms with Crippen molar-refractivity contribution in [3.8, 4) is 17.2 Å². The molecule has 0 unspecified atom stereocenters. The number of nitrogens with two attached hydrogens (primary N) is 1. The summed E-state index contributed by atoms with van der Waals surface area (Å²) in [6.07, 6.45) is 0. The molecule has 0 aliphatic carbocycles. The third-order valence-corrected chi connectivity index (χ3v) is 2.80. The van der Waals surface area contributed by atoms with E-state index < -0.39 is 5.91 Å². The zero-order valence-electron chi connectivity index (χ0n) is 10.2. The van der Waals surface area contributed by atoms with Gasteiger partial charge >= 0.3 is 0 Å². The van der Waals surface area contributed by atoms with Crippen LogP contribution in [0.1, 0.15) is 10.4 Å². The lowest BCUT2D eigenvalue weighted by Crippen LogP contribution is -2.10.